The van der Waals surface area contributed by atoms with Gasteiger partial charge < -0.3 is 27.9 Å². The molecule has 0 aliphatic heterocycles. The van der Waals surface area contributed by atoms with Crippen LogP contribution in [0, 0.1) is 7.43 Å². The van der Waals surface area contributed by atoms with E-state index in [1.165, 1.54) is 0 Å². The van der Waals surface area contributed by atoms with E-state index in [4.69, 9.17) is 39.6 Å². The largest absolute Gasteiger partial charge is 0.481 e. The maximum absolute atomic E-state index is 9.10. The van der Waals surface area contributed by atoms with Crippen LogP contribution in [0.2, 0.25) is 0 Å². The maximum atomic E-state index is 9.10. The second-order valence-corrected chi connectivity index (χ2v) is 1.65. The molecule has 0 unspecified atom stereocenters. The van der Waals surface area contributed by atoms with Gasteiger partial charge in [-0.25, -0.2) is 9.59 Å². The van der Waals surface area contributed by atoms with Crippen molar-refractivity contribution in [3.63, 3.8) is 0 Å². The van der Waals surface area contributed by atoms with Crippen LogP contribution in [0.4, 0.5) is 0 Å². The smallest absolute Gasteiger partial charge is 0.414 e. The van der Waals surface area contributed by atoms with E-state index in [2.05, 4.69) is 0 Å². The first-order valence-corrected chi connectivity index (χ1v) is 2.96. The van der Waals surface area contributed by atoms with Gasteiger partial charge in [0.15, 0.2) is 0 Å². The van der Waals surface area contributed by atoms with Crippen LogP contribution in [-0.2, 0) is 40.2 Å². The van der Waals surface area contributed by atoms with Crippen LogP contribution in [-0.4, -0.2) is 44.3 Å². The molecule has 100 valence electrons. The quantitative estimate of drug-likeness (QED) is 0.311. The van der Waals surface area contributed by atoms with E-state index in [9.17, 15) is 0 Å². The summed E-state index contributed by atoms with van der Waals surface area (Å²) in [6, 6.07) is 0. The Balaban J connectivity index is -0.0000000367. The van der Waals surface area contributed by atoms with Crippen molar-refractivity contribution in [3.05, 3.63) is 7.43 Å². The molecule has 16 heavy (non-hydrogen) atoms. The minimum absolute atomic E-state index is 0. The molecule has 8 nitrogen and oxygen atoms in total. The molecule has 0 aromatic rings. The van der Waals surface area contributed by atoms with Crippen LogP contribution in [0.1, 0.15) is 13.8 Å². The van der Waals surface area contributed by atoms with E-state index in [0.29, 0.717) is 0 Å². The average Bonchev–Trinajstić information content (AvgIpc) is 1.83. The van der Waals surface area contributed by atoms with Gasteiger partial charge in [-0.15, -0.1) is 0 Å². The van der Waals surface area contributed by atoms with E-state index in [1.807, 2.05) is 0 Å². The molecular weight excluding hydrogens is 407 g/mol. The van der Waals surface area contributed by atoms with Crippen LogP contribution < -0.4 is 0 Å². The molecule has 0 aromatic heterocycles. The fraction of sp³-hybridized carbons (Fsp3) is 0.286. The molecule has 0 aromatic carbocycles. The van der Waals surface area contributed by atoms with Crippen LogP contribution >= 0.6 is 0 Å². The van der Waals surface area contributed by atoms with E-state index in [1.54, 1.807) is 0 Å². The van der Waals surface area contributed by atoms with Crippen molar-refractivity contribution in [1.82, 2.24) is 0 Å². The van der Waals surface area contributed by atoms with Crippen molar-refractivity contribution in [1.29, 1.82) is 0 Å². The molecule has 0 bridgehead atoms. The van der Waals surface area contributed by atoms with Gasteiger partial charge in [0.2, 0.25) is 0 Å². The fourth-order valence-corrected chi connectivity index (χ4v) is 0. The van der Waals surface area contributed by atoms with Crippen LogP contribution in [0.25, 0.3) is 0 Å². The Kier molecular flexibility index (Phi) is 35.1. The van der Waals surface area contributed by atoms with Crippen LogP contribution in [0.15, 0.2) is 0 Å². The first-order chi connectivity index (χ1) is 6.11. The maximum Gasteiger partial charge on any atom is 0.414 e. The standard InChI is InChI=1S/C2H2O4.2C2H4O2.CH3.Pt/c3-1(4)2(5)6;2*1-2(3)4;;/h(H,3,4)(H,5,6);2*1H3,(H,3,4);1H3;/q;;;-1;. The van der Waals surface area contributed by atoms with Crippen molar-refractivity contribution < 1.29 is 60.7 Å². The van der Waals surface area contributed by atoms with Gasteiger partial charge in [-0.3, -0.25) is 9.59 Å². The molecule has 0 atom stereocenters. The number of hydrogen-bond acceptors (Lipinski definition) is 4. The molecule has 4 N–H and O–H groups in total. The van der Waals surface area contributed by atoms with Gasteiger partial charge in [0.25, 0.3) is 11.9 Å². The van der Waals surface area contributed by atoms with Gasteiger partial charge in [-0.05, 0) is 0 Å². The molecular formula is C7H13O8Pt-. The monoisotopic (exact) mass is 420 g/mol. The van der Waals surface area contributed by atoms with E-state index < -0.39 is 23.9 Å². The summed E-state index contributed by atoms with van der Waals surface area (Å²) in [5.74, 6) is -5.31. The second kappa shape index (κ2) is 19.2. The predicted octanol–water partition coefficient (Wildman–Crippen LogP) is -0.215. The summed E-state index contributed by atoms with van der Waals surface area (Å²) in [5.41, 5.74) is 0. The molecule has 0 aliphatic rings. The third-order valence-electron chi connectivity index (χ3n) is 0.183. The normalized spacial score (nSPS) is 5.88. The van der Waals surface area contributed by atoms with Gasteiger partial charge in [-0.2, -0.15) is 0 Å². The minimum atomic E-state index is -1.82. The Hall–Kier alpha value is -1.43. The first-order valence-electron chi connectivity index (χ1n) is 2.96. The van der Waals surface area contributed by atoms with Gasteiger partial charge in [0, 0.05) is 34.9 Å². The minimum Gasteiger partial charge on any atom is -0.481 e. The molecule has 0 fully saturated rings. The molecule has 9 heteroatoms. The van der Waals surface area contributed by atoms with Crippen molar-refractivity contribution in [2.24, 2.45) is 0 Å². The fourth-order valence-electron chi connectivity index (χ4n) is 0. The summed E-state index contributed by atoms with van der Waals surface area (Å²) in [4.78, 5) is 36.2. The van der Waals surface area contributed by atoms with Gasteiger partial charge >= 0.3 is 11.9 Å². The Morgan fingerprint density at radius 2 is 0.750 bits per heavy atom. The Labute approximate surface area is 106 Å². The third kappa shape index (κ3) is 255. The number of hydrogen-bond donors (Lipinski definition) is 4. The zero-order valence-electron chi connectivity index (χ0n) is 8.74. The van der Waals surface area contributed by atoms with Gasteiger partial charge in [-0.1, -0.05) is 0 Å². The first kappa shape index (κ1) is 29.3. The van der Waals surface area contributed by atoms with Gasteiger partial charge in [0.1, 0.15) is 0 Å². The number of carboxylic acid groups (broad SMARTS) is 4. The summed E-state index contributed by atoms with van der Waals surface area (Å²) in [6.45, 7) is 2.17. The molecule has 0 saturated heterocycles. The summed E-state index contributed by atoms with van der Waals surface area (Å²) in [7, 11) is 0. The second-order valence-electron chi connectivity index (χ2n) is 1.65. The zero-order valence-corrected chi connectivity index (χ0v) is 11.0. The summed E-state index contributed by atoms with van der Waals surface area (Å²) < 4.78 is 0. The van der Waals surface area contributed by atoms with E-state index in [-0.39, 0.29) is 28.5 Å². The molecule has 0 radical (unpaired) electrons. The molecule has 0 spiro atoms. The topological polar surface area (TPSA) is 149 Å². The summed E-state index contributed by atoms with van der Waals surface area (Å²) in [6.07, 6.45) is 0. The number of carbonyl (C=O) groups is 4. The van der Waals surface area contributed by atoms with Crippen molar-refractivity contribution >= 4 is 23.9 Å². The number of carboxylic acids is 4. The molecule has 0 rings (SSSR count). The number of rotatable bonds is 0. The Morgan fingerprint density at radius 3 is 0.750 bits per heavy atom. The Bertz CT molecular complexity index is 192. The number of aliphatic carboxylic acids is 4. The Morgan fingerprint density at radius 1 is 0.688 bits per heavy atom. The van der Waals surface area contributed by atoms with Crippen LogP contribution in [0.5, 0.6) is 0 Å². The van der Waals surface area contributed by atoms with Crippen molar-refractivity contribution in [2.75, 3.05) is 0 Å². The zero-order chi connectivity index (χ0) is 12.3. The van der Waals surface area contributed by atoms with Crippen molar-refractivity contribution in [2.45, 2.75) is 13.8 Å². The molecule has 0 aliphatic carbocycles. The average molecular weight is 420 g/mol. The SMILES string of the molecule is CC(=O)O.CC(=O)O.O=C(O)C(=O)O.[CH3-].[Pt]. The summed E-state index contributed by atoms with van der Waals surface area (Å²) in [5, 5.41) is 29.6. The third-order valence-corrected chi connectivity index (χ3v) is 0.183. The van der Waals surface area contributed by atoms with E-state index in [0.717, 1.165) is 13.8 Å². The predicted molar refractivity (Wildman–Crippen MR) is 48.3 cm³/mol. The van der Waals surface area contributed by atoms with Crippen molar-refractivity contribution in [3.8, 4) is 0 Å². The molecule has 0 amide bonds. The van der Waals surface area contributed by atoms with Gasteiger partial charge in [0.05, 0.1) is 0 Å². The van der Waals surface area contributed by atoms with Crippen LogP contribution in [0.3, 0.4) is 0 Å². The van der Waals surface area contributed by atoms with E-state index >= 15 is 0 Å². The molecule has 0 heterocycles. The summed E-state index contributed by atoms with van der Waals surface area (Å²) >= 11 is 0. The molecule has 0 saturated carbocycles.